The zero-order valence-corrected chi connectivity index (χ0v) is 6.32. The van der Waals surface area contributed by atoms with Crippen LogP contribution in [0.15, 0.2) is 11.6 Å². The first-order valence-electron chi connectivity index (χ1n) is 2.96. The van der Waals surface area contributed by atoms with E-state index in [2.05, 4.69) is 0 Å². The summed E-state index contributed by atoms with van der Waals surface area (Å²) in [7, 11) is 0. The van der Waals surface area contributed by atoms with Crippen LogP contribution in [0.25, 0.3) is 0 Å². The number of hydrogen-bond acceptors (Lipinski definition) is 1. The van der Waals surface area contributed by atoms with E-state index in [4.69, 9.17) is 11.6 Å². The van der Waals surface area contributed by atoms with E-state index < -0.39 is 0 Å². The molecule has 0 N–H and O–H groups in total. The minimum atomic E-state index is 0.568. The van der Waals surface area contributed by atoms with Crippen LogP contribution in [0.3, 0.4) is 0 Å². The summed E-state index contributed by atoms with van der Waals surface area (Å²) >= 11 is 5.47. The van der Waals surface area contributed by atoms with E-state index in [-0.39, 0.29) is 0 Å². The van der Waals surface area contributed by atoms with Crippen molar-refractivity contribution < 1.29 is 4.79 Å². The maximum absolute atomic E-state index is 9.81. The lowest BCUT2D eigenvalue weighted by atomic mass is 10.2. The van der Waals surface area contributed by atoms with Crippen molar-refractivity contribution in [1.82, 2.24) is 0 Å². The molecule has 0 rings (SSSR count). The maximum atomic E-state index is 9.81. The number of unbranched alkanes of at least 4 members (excludes halogenated alkanes) is 1. The Kier molecular flexibility index (Phi) is 5.64. The van der Waals surface area contributed by atoms with E-state index in [9.17, 15) is 4.79 Å². The highest BCUT2D eigenvalue weighted by Gasteiger charge is 1.83. The Hall–Kier alpha value is -0.300. The summed E-state index contributed by atoms with van der Waals surface area (Å²) in [5.74, 6) is 0.568. The van der Waals surface area contributed by atoms with Gasteiger partial charge in [0.25, 0.3) is 0 Å². The van der Waals surface area contributed by atoms with Crippen LogP contribution in [0.2, 0.25) is 0 Å². The average molecular weight is 147 g/mol. The molecule has 0 aliphatic heterocycles. The van der Waals surface area contributed by atoms with Crippen molar-refractivity contribution in [3.8, 4) is 0 Å². The second-order valence-electron chi connectivity index (χ2n) is 1.93. The van der Waals surface area contributed by atoms with Crippen molar-refractivity contribution in [3.05, 3.63) is 11.6 Å². The average Bonchev–Trinajstić information content (AvgIpc) is 1.89. The van der Waals surface area contributed by atoms with Gasteiger partial charge in [-0.2, -0.15) is 0 Å². The minimum Gasteiger partial charge on any atom is -0.303 e. The van der Waals surface area contributed by atoms with E-state index in [1.54, 1.807) is 0 Å². The van der Waals surface area contributed by atoms with Gasteiger partial charge in [-0.15, -0.1) is 11.6 Å². The Morgan fingerprint density at radius 3 is 2.67 bits per heavy atom. The van der Waals surface area contributed by atoms with Gasteiger partial charge in [0.05, 0.1) is 0 Å². The normalized spacial score (nSPS) is 11.6. The highest BCUT2D eigenvalue weighted by molar-refractivity contribution is 6.19. The predicted molar refractivity (Wildman–Crippen MR) is 39.8 cm³/mol. The summed E-state index contributed by atoms with van der Waals surface area (Å²) in [6, 6.07) is 0. The fourth-order valence-electron chi connectivity index (χ4n) is 0.452. The number of rotatable bonds is 4. The summed E-state index contributed by atoms with van der Waals surface area (Å²) in [6.07, 6.45) is 4.33. The van der Waals surface area contributed by atoms with Gasteiger partial charge in [0.1, 0.15) is 6.29 Å². The van der Waals surface area contributed by atoms with Crippen molar-refractivity contribution in [2.75, 3.05) is 5.88 Å². The van der Waals surface area contributed by atoms with Crippen molar-refractivity contribution >= 4 is 17.9 Å². The lowest BCUT2D eigenvalue weighted by Gasteiger charge is -1.89. The fraction of sp³-hybridized carbons (Fsp3) is 0.571. The Bertz CT molecular complexity index is 107. The van der Waals surface area contributed by atoms with Gasteiger partial charge in [-0.05, 0) is 13.3 Å². The number of carbonyl (C=O) groups is 1. The van der Waals surface area contributed by atoms with Gasteiger partial charge in [0.15, 0.2) is 0 Å². The minimum absolute atomic E-state index is 0.568. The third-order valence-electron chi connectivity index (χ3n) is 0.988. The molecule has 0 radical (unpaired) electrons. The highest BCUT2D eigenvalue weighted by atomic mass is 35.5. The largest absolute Gasteiger partial charge is 0.303 e. The van der Waals surface area contributed by atoms with E-state index in [0.717, 1.165) is 18.3 Å². The number of aldehydes is 1. The predicted octanol–water partition coefficient (Wildman–Crippen LogP) is 2.15. The molecule has 52 valence electrons. The summed E-state index contributed by atoms with van der Waals surface area (Å²) in [5.41, 5.74) is 1.14. The molecule has 0 aliphatic rings. The van der Waals surface area contributed by atoms with E-state index >= 15 is 0 Å². The Morgan fingerprint density at radius 1 is 1.56 bits per heavy atom. The smallest absolute Gasteiger partial charge is 0.120 e. The molecule has 0 spiro atoms. The lowest BCUT2D eigenvalue weighted by molar-refractivity contribution is -0.107. The Labute approximate surface area is 60.7 Å². The van der Waals surface area contributed by atoms with Gasteiger partial charge >= 0.3 is 0 Å². The second-order valence-corrected chi connectivity index (χ2v) is 2.20. The quantitative estimate of drug-likeness (QED) is 0.257. The molecule has 0 saturated heterocycles. The maximum Gasteiger partial charge on any atom is 0.120 e. The molecule has 9 heavy (non-hydrogen) atoms. The number of halogens is 1. The molecule has 0 aromatic heterocycles. The number of allylic oxidation sites excluding steroid dienone is 2. The van der Waals surface area contributed by atoms with E-state index in [1.165, 1.54) is 0 Å². The second kappa shape index (κ2) is 5.83. The molecular formula is C7H11ClO. The molecule has 1 nitrogen and oxygen atoms in total. The Morgan fingerprint density at radius 2 is 2.22 bits per heavy atom. The number of alkyl halides is 1. The lowest BCUT2D eigenvalue weighted by Crippen LogP contribution is -1.77. The first kappa shape index (κ1) is 8.70. The van der Waals surface area contributed by atoms with Crippen LogP contribution in [-0.4, -0.2) is 12.2 Å². The molecule has 0 fully saturated rings. The van der Waals surface area contributed by atoms with E-state index in [0.29, 0.717) is 12.3 Å². The van der Waals surface area contributed by atoms with Crippen molar-refractivity contribution in [1.29, 1.82) is 0 Å². The van der Waals surface area contributed by atoms with E-state index in [1.807, 2.05) is 13.0 Å². The molecule has 0 atom stereocenters. The van der Waals surface area contributed by atoms with Gasteiger partial charge < -0.3 is 4.79 Å². The molecule has 2 heteroatoms. The molecule has 0 saturated carbocycles. The Balaban J connectivity index is 3.31. The zero-order valence-electron chi connectivity index (χ0n) is 5.56. The van der Waals surface area contributed by atoms with Gasteiger partial charge in [0, 0.05) is 12.3 Å². The molecule has 0 aliphatic carbocycles. The topological polar surface area (TPSA) is 17.1 Å². The fourth-order valence-corrected chi connectivity index (χ4v) is 0.561. The summed E-state index contributed by atoms with van der Waals surface area (Å²) in [5, 5.41) is 0. The summed E-state index contributed by atoms with van der Waals surface area (Å²) in [4.78, 5) is 9.81. The van der Waals surface area contributed by atoms with Gasteiger partial charge in [-0.3, -0.25) is 0 Å². The third kappa shape index (κ3) is 5.57. The van der Waals surface area contributed by atoms with Gasteiger partial charge in [-0.25, -0.2) is 0 Å². The summed E-state index contributed by atoms with van der Waals surface area (Å²) in [6.45, 7) is 1.96. The monoisotopic (exact) mass is 146 g/mol. The first-order chi connectivity index (χ1) is 4.31. The number of carbonyl (C=O) groups excluding carboxylic acids is 1. The molecule has 0 heterocycles. The SMILES string of the molecule is C/C(=C\CCC=O)CCl. The van der Waals surface area contributed by atoms with Gasteiger partial charge in [-0.1, -0.05) is 11.6 Å². The van der Waals surface area contributed by atoms with Crippen LogP contribution in [0.4, 0.5) is 0 Å². The van der Waals surface area contributed by atoms with Crippen LogP contribution >= 0.6 is 11.6 Å². The molecule has 0 unspecified atom stereocenters. The zero-order chi connectivity index (χ0) is 7.11. The molecular weight excluding hydrogens is 136 g/mol. The molecule has 0 aromatic carbocycles. The first-order valence-corrected chi connectivity index (χ1v) is 3.50. The van der Waals surface area contributed by atoms with Crippen LogP contribution < -0.4 is 0 Å². The van der Waals surface area contributed by atoms with Crippen LogP contribution in [0, 0.1) is 0 Å². The van der Waals surface area contributed by atoms with Crippen LogP contribution in [0.1, 0.15) is 19.8 Å². The van der Waals surface area contributed by atoms with Crippen molar-refractivity contribution in [2.45, 2.75) is 19.8 Å². The summed E-state index contributed by atoms with van der Waals surface area (Å²) < 4.78 is 0. The van der Waals surface area contributed by atoms with Crippen LogP contribution in [-0.2, 0) is 4.79 Å². The van der Waals surface area contributed by atoms with Gasteiger partial charge in [0.2, 0.25) is 0 Å². The van der Waals surface area contributed by atoms with Crippen molar-refractivity contribution in [3.63, 3.8) is 0 Å². The third-order valence-corrected chi connectivity index (χ3v) is 1.41. The molecule has 0 bridgehead atoms. The number of hydrogen-bond donors (Lipinski definition) is 0. The van der Waals surface area contributed by atoms with Crippen LogP contribution in [0.5, 0.6) is 0 Å². The van der Waals surface area contributed by atoms with Crippen molar-refractivity contribution in [2.24, 2.45) is 0 Å². The standard InChI is InChI=1S/C7H11ClO/c1-7(6-8)4-2-3-5-9/h4-5H,2-3,6H2,1H3/b7-4+. The molecule has 0 aromatic rings. The molecule has 0 amide bonds. The highest BCUT2D eigenvalue weighted by Crippen LogP contribution is 1.98.